The average Bonchev–Trinajstić information content (AvgIpc) is 2.54. The Morgan fingerprint density at radius 1 is 1.04 bits per heavy atom. The quantitative estimate of drug-likeness (QED) is 0.774. The fourth-order valence-corrected chi connectivity index (χ4v) is 2.16. The molecular formula is C19H20FNO3. The van der Waals surface area contributed by atoms with Crippen LogP contribution in [0.15, 0.2) is 48.5 Å². The third kappa shape index (κ3) is 5.19. The summed E-state index contributed by atoms with van der Waals surface area (Å²) in [5.74, 6) is -0.525. The minimum absolute atomic E-state index is 0.00257. The number of benzene rings is 2. The molecule has 2 aromatic rings. The zero-order valence-corrected chi connectivity index (χ0v) is 13.7. The van der Waals surface area contributed by atoms with E-state index in [-0.39, 0.29) is 36.2 Å². The van der Waals surface area contributed by atoms with E-state index in [9.17, 15) is 14.0 Å². The van der Waals surface area contributed by atoms with Crippen LogP contribution in [0.1, 0.15) is 37.0 Å². The molecule has 5 heteroatoms. The van der Waals surface area contributed by atoms with Gasteiger partial charge in [-0.3, -0.25) is 9.59 Å². The van der Waals surface area contributed by atoms with E-state index in [1.165, 1.54) is 18.2 Å². The number of carbonyl (C=O) groups is 2. The maximum absolute atomic E-state index is 13.5. The maximum atomic E-state index is 13.5. The fourth-order valence-electron chi connectivity index (χ4n) is 2.16. The Morgan fingerprint density at radius 2 is 1.71 bits per heavy atom. The molecule has 0 fully saturated rings. The molecule has 0 aromatic heterocycles. The molecule has 2 rings (SSSR count). The second-order valence-electron chi connectivity index (χ2n) is 5.64. The van der Waals surface area contributed by atoms with Gasteiger partial charge in [0.2, 0.25) is 5.91 Å². The highest BCUT2D eigenvalue weighted by atomic mass is 19.1. The van der Waals surface area contributed by atoms with E-state index in [0.717, 1.165) is 5.75 Å². The Balaban J connectivity index is 1.85. The average molecular weight is 329 g/mol. The molecule has 1 N–H and O–H groups in total. The summed E-state index contributed by atoms with van der Waals surface area (Å²) in [4.78, 5) is 23.8. The van der Waals surface area contributed by atoms with Crippen LogP contribution in [0.4, 0.5) is 10.1 Å². The smallest absolute Gasteiger partial charge is 0.224 e. The molecule has 0 bridgehead atoms. The molecule has 0 atom stereocenters. The molecule has 0 aliphatic carbocycles. The molecule has 126 valence electrons. The second-order valence-corrected chi connectivity index (χ2v) is 5.64. The molecule has 24 heavy (non-hydrogen) atoms. The summed E-state index contributed by atoms with van der Waals surface area (Å²) >= 11 is 0. The lowest BCUT2D eigenvalue weighted by atomic mass is 10.1. The number of ether oxygens (including phenoxy) is 1. The number of hydrogen-bond donors (Lipinski definition) is 1. The van der Waals surface area contributed by atoms with Crippen molar-refractivity contribution < 1.29 is 18.7 Å². The first-order valence-corrected chi connectivity index (χ1v) is 7.80. The summed E-state index contributed by atoms with van der Waals surface area (Å²) in [5.41, 5.74) is 0.634. The van der Waals surface area contributed by atoms with Gasteiger partial charge in [-0.05, 0) is 50.2 Å². The third-order valence-corrected chi connectivity index (χ3v) is 3.26. The van der Waals surface area contributed by atoms with Crippen molar-refractivity contribution >= 4 is 17.4 Å². The minimum Gasteiger partial charge on any atom is -0.491 e. The topological polar surface area (TPSA) is 55.4 Å². The van der Waals surface area contributed by atoms with Gasteiger partial charge in [0, 0.05) is 18.5 Å². The molecule has 0 saturated heterocycles. The van der Waals surface area contributed by atoms with Crippen LogP contribution >= 0.6 is 0 Å². The van der Waals surface area contributed by atoms with Crippen molar-refractivity contribution in [2.24, 2.45) is 0 Å². The summed E-state index contributed by atoms with van der Waals surface area (Å²) in [6.07, 6.45) is 0.0356. The van der Waals surface area contributed by atoms with E-state index >= 15 is 0 Å². The van der Waals surface area contributed by atoms with Gasteiger partial charge in [0.1, 0.15) is 11.6 Å². The molecule has 0 aliphatic rings. The maximum Gasteiger partial charge on any atom is 0.224 e. The van der Waals surface area contributed by atoms with Gasteiger partial charge in [0.15, 0.2) is 5.78 Å². The summed E-state index contributed by atoms with van der Waals surface area (Å²) in [6.45, 7) is 3.87. The summed E-state index contributed by atoms with van der Waals surface area (Å²) in [5, 5.41) is 2.70. The zero-order valence-electron chi connectivity index (χ0n) is 13.7. The van der Waals surface area contributed by atoms with Gasteiger partial charge >= 0.3 is 0 Å². The van der Waals surface area contributed by atoms with Gasteiger partial charge in [-0.25, -0.2) is 4.39 Å². The molecule has 0 unspecified atom stereocenters. The summed E-state index contributed by atoms with van der Waals surface area (Å²) < 4.78 is 19.0. The van der Waals surface area contributed by atoms with Gasteiger partial charge in [-0.1, -0.05) is 12.1 Å². The molecule has 0 heterocycles. The van der Waals surface area contributed by atoms with E-state index in [2.05, 4.69) is 5.32 Å². The molecule has 0 spiro atoms. The molecule has 2 aromatic carbocycles. The number of nitrogens with one attached hydrogen (secondary N) is 1. The van der Waals surface area contributed by atoms with Gasteiger partial charge in [-0.15, -0.1) is 0 Å². The number of halogens is 1. The van der Waals surface area contributed by atoms with E-state index in [1.54, 1.807) is 30.3 Å². The van der Waals surface area contributed by atoms with Crippen LogP contribution in [-0.4, -0.2) is 17.8 Å². The molecule has 0 radical (unpaired) electrons. The van der Waals surface area contributed by atoms with E-state index in [4.69, 9.17) is 4.74 Å². The van der Waals surface area contributed by atoms with Crippen LogP contribution in [0.25, 0.3) is 0 Å². The van der Waals surface area contributed by atoms with Gasteiger partial charge in [-0.2, -0.15) is 0 Å². The minimum atomic E-state index is -0.566. The molecular weight excluding hydrogens is 309 g/mol. The number of Topliss-reactive ketones (excluding diaryl/α,β-unsaturated/α-hetero) is 1. The lowest BCUT2D eigenvalue weighted by Gasteiger charge is -2.10. The van der Waals surface area contributed by atoms with Crippen LogP contribution < -0.4 is 10.1 Å². The fraction of sp³-hybridized carbons (Fsp3) is 0.263. The number of amides is 1. The Labute approximate surface area is 140 Å². The zero-order chi connectivity index (χ0) is 17.5. The SMILES string of the molecule is CC(C)Oc1ccc(NC(=O)CCC(=O)c2ccccc2F)cc1. The lowest BCUT2D eigenvalue weighted by Crippen LogP contribution is -2.14. The number of anilines is 1. The van der Waals surface area contributed by atoms with Crippen LogP contribution in [0.5, 0.6) is 5.75 Å². The standard InChI is InChI=1S/C19H20FNO3/c1-13(2)24-15-9-7-14(8-10-15)21-19(23)12-11-18(22)16-5-3-4-6-17(16)20/h3-10,13H,11-12H2,1-2H3,(H,21,23). The van der Waals surface area contributed by atoms with E-state index < -0.39 is 5.82 Å². The van der Waals surface area contributed by atoms with Crippen molar-refractivity contribution in [1.82, 2.24) is 0 Å². The van der Waals surface area contributed by atoms with Crippen molar-refractivity contribution in [3.8, 4) is 5.75 Å². The highest BCUT2D eigenvalue weighted by molar-refractivity contribution is 6.00. The molecule has 0 aliphatic heterocycles. The van der Waals surface area contributed by atoms with Crippen LogP contribution in [-0.2, 0) is 4.79 Å². The Hall–Kier alpha value is -2.69. The van der Waals surface area contributed by atoms with Crippen molar-refractivity contribution in [3.05, 3.63) is 59.9 Å². The van der Waals surface area contributed by atoms with Crippen molar-refractivity contribution in [1.29, 1.82) is 0 Å². The molecule has 0 saturated carbocycles. The van der Waals surface area contributed by atoms with Crippen LogP contribution in [0.3, 0.4) is 0 Å². The third-order valence-electron chi connectivity index (χ3n) is 3.26. The Bertz CT molecular complexity index is 711. The largest absolute Gasteiger partial charge is 0.491 e. The van der Waals surface area contributed by atoms with Crippen molar-refractivity contribution in [2.45, 2.75) is 32.8 Å². The normalized spacial score (nSPS) is 10.5. The predicted molar refractivity (Wildman–Crippen MR) is 90.8 cm³/mol. The number of hydrogen-bond acceptors (Lipinski definition) is 3. The van der Waals surface area contributed by atoms with Crippen LogP contribution in [0, 0.1) is 5.82 Å². The first-order chi connectivity index (χ1) is 11.5. The van der Waals surface area contributed by atoms with Gasteiger partial charge in [0.05, 0.1) is 11.7 Å². The van der Waals surface area contributed by atoms with Crippen molar-refractivity contribution in [3.63, 3.8) is 0 Å². The van der Waals surface area contributed by atoms with E-state index in [0.29, 0.717) is 5.69 Å². The lowest BCUT2D eigenvalue weighted by molar-refractivity contribution is -0.116. The predicted octanol–water partition coefficient (Wildman–Crippen LogP) is 4.21. The first kappa shape index (κ1) is 17.7. The summed E-state index contributed by atoms with van der Waals surface area (Å²) in [6, 6.07) is 12.8. The Kier molecular flexibility index (Phi) is 6.07. The van der Waals surface area contributed by atoms with Crippen LogP contribution in [0.2, 0.25) is 0 Å². The summed E-state index contributed by atoms with van der Waals surface area (Å²) in [7, 11) is 0. The molecule has 4 nitrogen and oxygen atoms in total. The highest BCUT2D eigenvalue weighted by Crippen LogP contribution is 2.17. The van der Waals surface area contributed by atoms with Gasteiger partial charge < -0.3 is 10.1 Å². The highest BCUT2D eigenvalue weighted by Gasteiger charge is 2.13. The molecule has 1 amide bonds. The van der Waals surface area contributed by atoms with E-state index in [1.807, 2.05) is 13.8 Å². The monoisotopic (exact) mass is 329 g/mol. The number of ketones is 1. The van der Waals surface area contributed by atoms with Crippen molar-refractivity contribution in [2.75, 3.05) is 5.32 Å². The Morgan fingerprint density at radius 3 is 2.33 bits per heavy atom. The first-order valence-electron chi connectivity index (χ1n) is 7.80. The number of carbonyl (C=O) groups excluding carboxylic acids is 2. The number of rotatable bonds is 7. The van der Waals surface area contributed by atoms with Gasteiger partial charge in [0.25, 0.3) is 0 Å². The second kappa shape index (κ2) is 8.24.